The Morgan fingerprint density at radius 3 is 2.44 bits per heavy atom. The number of hydrogen-bond acceptors (Lipinski definition) is 2. The zero-order valence-electron chi connectivity index (χ0n) is 11.9. The predicted molar refractivity (Wildman–Crippen MR) is 79.1 cm³/mol. The largest absolute Gasteiger partial charge is 0.371 e. The first-order valence-corrected chi connectivity index (χ1v) is 7.14. The molecule has 0 spiro atoms. The summed E-state index contributed by atoms with van der Waals surface area (Å²) < 4.78 is 0. The van der Waals surface area contributed by atoms with Gasteiger partial charge in [-0.1, -0.05) is 32.0 Å². The molecule has 1 saturated carbocycles. The number of para-hydroxylation sites is 1. The standard InChI is InChI=1S/C16H26N2/c1-4-18(15-8-6-5-7-9-15)13-16(2,3)12-17-14-10-11-14/h5-9,14,17H,4,10-13H2,1-3H3. The highest BCUT2D eigenvalue weighted by Crippen LogP contribution is 2.24. The summed E-state index contributed by atoms with van der Waals surface area (Å²) in [7, 11) is 0. The Labute approximate surface area is 111 Å². The summed E-state index contributed by atoms with van der Waals surface area (Å²) in [4.78, 5) is 2.47. The van der Waals surface area contributed by atoms with Gasteiger partial charge in [0.1, 0.15) is 0 Å². The van der Waals surface area contributed by atoms with Crippen LogP contribution in [-0.4, -0.2) is 25.7 Å². The Morgan fingerprint density at radius 1 is 1.22 bits per heavy atom. The second kappa shape index (κ2) is 5.75. The van der Waals surface area contributed by atoms with Gasteiger partial charge in [-0.15, -0.1) is 0 Å². The van der Waals surface area contributed by atoms with E-state index in [0.29, 0.717) is 5.41 Å². The SMILES string of the molecule is CCN(CC(C)(C)CNC1CC1)c1ccccc1. The van der Waals surface area contributed by atoms with Gasteiger partial charge in [0.05, 0.1) is 0 Å². The van der Waals surface area contributed by atoms with Crippen LogP contribution in [0.1, 0.15) is 33.6 Å². The lowest BCUT2D eigenvalue weighted by Gasteiger charge is -2.34. The fraction of sp³-hybridized carbons (Fsp3) is 0.625. The lowest BCUT2D eigenvalue weighted by molar-refractivity contribution is 0.341. The molecule has 1 aliphatic rings. The maximum absolute atomic E-state index is 3.65. The van der Waals surface area contributed by atoms with Crippen molar-refractivity contribution in [2.75, 3.05) is 24.5 Å². The van der Waals surface area contributed by atoms with Crippen LogP contribution in [0.5, 0.6) is 0 Å². The maximum atomic E-state index is 3.65. The highest BCUT2D eigenvalue weighted by Gasteiger charge is 2.26. The average Bonchev–Trinajstić information content (AvgIpc) is 3.19. The average molecular weight is 246 g/mol. The molecule has 0 heterocycles. The minimum absolute atomic E-state index is 0.314. The summed E-state index contributed by atoms with van der Waals surface area (Å²) >= 11 is 0. The molecule has 1 aliphatic carbocycles. The first-order valence-electron chi connectivity index (χ1n) is 7.14. The van der Waals surface area contributed by atoms with Crippen molar-refractivity contribution >= 4 is 5.69 Å². The Kier molecular flexibility index (Phi) is 4.28. The summed E-state index contributed by atoms with van der Waals surface area (Å²) in [6.45, 7) is 10.2. The molecule has 1 N–H and O–H groups in total. The van der Waals surface area contributed by atoms with E-state index in [1.807, 2.05) is 0 Å². The van der Waals surface area contributed by atoms with Gasteiger partial charge in [0.15, 0.2) is 0 Å². The third-order valence-corrected chi connectivity index (χ3v) is 3.57. The van der Waals surface area contributed by atoms with Gasteiger partial charge in [-0.05, 0) is 37.3 Å². The van der Waals surface area contributed by atoms with Crippen LogP contribution in [0.25, 0.3) is 0 Å². The van der Waals surface area contributed by atoms with Crippen LogP contribution >= 0.6 is 0 Å². The van der Waals surface area contributed by atoms with Crippen LogP contribution in [0.15, 0.2) is 30.3 Å². The molecule has 0 aromatic heterocycles. The summed E-state index contributed by atoms with van der Waals surface area (Å²) in [6, 6.07) is 11.5. The van der Waals surface area contributed by atoms with Crippen LogP contribution in [0, 0.1) is 5.41 Å². The van der Waals surface area contributed by atoms with Gasteiger partial charge in [0, 0.05) is 31.4 Å². The van der Waals surface area contributed by atoms with Crippen molar-refractivity contribution in [1.82, 2.24) is 5.32 Å². The van der Waals surface area contributed by atoms with Crippen molar-refractivity contribution in [1.29, 1.82) is 0 Å². The van der Waals surface area contributed by atoms with Gasteiger partial charge in [-0.2, -0.15) is 0 Å². The fourth-order valence-electron chi connectivity index (χ4n) is 2.31. The molecule has 0 amide bonds. The van der Waals surface area contributed by atoms with E-state index in [0.717, 1.165) is 25.7 Å². The smallest absolute Gasteiger partial charge is 0.0366 e. The van der Waals surface area contributed by atoms with Gasteiger partial charge in [-0.25, -0.2) is 0 Å². The molecular weight excluding hydrogens is 220 g/mol. The summed E-state index contributed by atoms with van der Waals surface area (Å²) in [5, 5.41) is 3.65. The number of anilines is 1. The molecule has 2 heteroatoms. The van der Waals surface area contributed by atoms with E-state index in [1.165, 1.54) is 18.5 Å². The molecular formula is C16H26N2. The van der Waals surface area contributed by atoms with Crippen molar-refractivity contribution < 1.29 is 0 Å². The van der Waals surface area contributed by atoms with Crippen molar-refractivity contribution in [3.05, 3.63) is 30.3 Å². The van der Waals surface area contributed by atoms with Gasteiger partial charge in [-0.3, -0.25) is 0 Å². The third-order valence-electron chi connectivity index (χ3n) is 3.57. The van der Waals surface area contributed by atoms with Gasteiger partial charge >= 0.3 is 0 Å². The van der Waals surface area contributed by atoms with Crippen LogP contribution < -0.4 is 10.2 Å². The quantitative estimate of drug-likeness (QED) is 0.794. The first kappa shape index (κ1) is 13.4. The Balaban J connectivity index is 1.91. The second-order valence-electron chi connectivity index (χ2n) is 6.17. The molecule has 1 fully saturated rings. The number of benzene rings is 1. The summed E-state index contributed by atoms with van der Waals surface area (Å²) in [5.74, 6) is 0. The lowest BCUT2D eigenvalue weighted by Crippen LogP contribution is -2.41. The van der Waals surface area contributed by atoms with E-state index in [9.17, 15) is 0 Å². The van der Waals surface area contributed by atoms with E-state index in [-0.39, 0.29) is 0 Å². The minimum Gasteiger partial charge on any atom is -0.371 e. The number of nitrogens with zero attached hydrogens (tertiary/aromatic N) is 1. The molecule has 0 radical (unpaired) electrons. The number of rotatable bonds is 7. The molecule has 0 saturated heterocycles. The Bertz CT molecular complexity index is 355. The normalized spacial score (nSPS) is 15.7. The van der Waals surface area contributed by atoms with Gasteiger partial charge < -0.3 is 10.2 Å². The zero-order valence-corrected chi connectivity index (χ0v) is 11.9. The van der Waals surface area contributed by atoms with E-state index >= 15 is 0 Å². The molecule has 18 heavy (non-hydrogen) atoms. The highest BCUT2D eigenvalue weighted by molar-refractivity contribution is 5.46. The Morgan fingerprint density at radius 2 is 1.89 bits per heavy atom. The van der Waals surface area contributed by atoms with Crippen LogP contribution in [-0.2, 0) is 0 Å². The summed E-state index contributed by atoms with van der Waals surface area (Å²) in [5.41, 5.74) is 1.65. The van der Waals surface area contributed by atoms with Gasteiger partial charge in [0.2, 0.25) is 0 Å². The first-order chi connectivity index (χ1) is 8.61. The Hall–Kier alpha value is -1.02. The molecule has 100 valence electrons. The molecule has 2 nitrogen and oxygen atoms in total. The molecule has 0 bridgehead atoms. The zero-order chi connectivity index (χ0) is 13.0. The number of hydrogen-bond donors (Lipinski definition) is 1. The molecule has 0 aliphatic heterocycles. The molecule has 0 atom stereocenters. The van der Waals surface area contributed by atoms with Crippen LogP contribution in [0.4, 0.5) is 5.69 Å². The van der Waals surface area contributed by atoms with Crippen molar-refractivity contribution in [3.8, 4) is 0 Å². The fourth-order valence-corrected chi connectivity index (χ4v) is 2.31. The van der Waals surface area contributed by atoms with Crippen LogP contribution in [0.3, 0.4) is 0 Å². The monoisotopic (exact) mass is 246 g/mol. The van der Waals surface area contributed by atoms with Crippen molar-refractivity contribution in [2.45, 2.75) is 39.7 Å². The third kappa shape index (κ3) is 4.02. The van der Waals surface area contributed by atoms with E-state index < -0.39 is 0 Å². The van der Waals surface area contributed by atoms with E-state index in [4.69, 9.17) is 0 Å². The van der Waals surface area contributed by atoms with Gasteiger partial charge in [0.25, 0.3) is 0 Å². The van der Waals surface area contributed by atoms with Crippen LogP contribution in [0.2, 0.25) is 0 Å². The lowest BCUT2D eigenvalue weighted by atomic mass is 9.92. The molecule has 1 aromatic rings. The second-order valence-corrected chi connectivity index (χ2v) is 6.17. The number of nitrogens with one attached hydrogen (secondary N) is 1. The van der Waals surface area contributed by atoms with Crippen molar-refractivity contribution in [2.24, 2.45) is 5.41 Å². The minimum atomic E-state index is 0.314. The van der Waals surface area contributed by atoms with E-state index in [2.05, 4.69) is 61.3 Å². The predicted octanol–water partition coefficient (Wildman–Crippen LogP) is 3.29. The summed E-state index contributed by atoms with van der Waals surface area (Å²) in [6.07, 6.45) is 2.73. The van der Waals surface area contributed by atoms with E-state index in [1.54, 1.807) is 0 Å². The topological polar surface area (TPSA) is 15.3 Å². The molecule has 1 aromatic carbocycles. The van der Waals surface area contributed by atoms with Crippen molar-refractivity contribution in [3.63, 3.8) is 0 Å². The molecule has 2 rings (SSSR count). The maximum Gasteiger partial charge on any atom is 0.0366 e. The molecule has 0 unspecified atom stereocenters. The highest BCUT2D eigenvalue weighted by atomic mass is 15.1.